The third kappa shape index (κ3) is 3.45. The summed E-state index contributed by atoms with van der Waals surface area (Å²) in [6, 6.07) is 7.35. The lowest BCUT2D eigenvalue weighted by atomic mass is 10.0. The van der Waals surface area contributed by atoms with Gasteiger partial charge in [0.25, 0.3) is 0 Å². The van der Waals surface area contributed by atoms with E-state index in [9.17, 15) is 4.79 Å². The first-order valence-corrected chi connectivity index (χ1v) is 6.03. The number of nitrogens with one attached hydrogen (secondary N) is 2. The highest BCUT2D eigenvalue weighted by Gasteiger charge is 2.24. The normalized spacial score (nSPS) is 14.9. The van der Waals surface area contributed by atoms with Gasteiger partial charge in [0.15, 0.2) is 0 Å². The molecule has 1 aromatic rings. The second-order valence-corrected chi connectivity index (χ2v) is 4.21. The number of carbonyl (C=O) groups excluding carboxylic acids is 1. The van der Waals surface area contributed by atoms with Crippen LogP contribution >= 0.6 is 0 Å². The Morgan fingerprint density at radius 2 is 2.06 bits per heavy atom. The minimum Gasteiger partial charge on any atom is -0.491 e. The van der Waals surface area contributed by atoms with Gasteiger partial charge in [-0.05, 0) is 24.3 Å². The van der Waals surface area contributed by atoms with Crippen LogP contribution in [0, 0.1) is 5.92 Å². The van der Waals surface area contributed by atoms with Crippen molar-refractivity contribution in [1.82, 2.24) is 5.32 Å². The highest BCUT2D eigenvalue weighted by atomic mass is 16.5. The second kappa shape index (κ2) is 6.37. The number of anilines is 1. The molecule has 5 nitrogen and oxygen atoms in total. The topological polar surface area (TPSA) is 59.6 Å². The van der Waals surface area contributed by atoms with Crippen LogP contribution in [-0.4, -0.2) is 39.3 Å². The summed E-state index contributed by atoms with van der Waals surface area (Å²) in [4.78, 5) is 11.7. The highest BCUT2D eigenvalue weighted by molar-refractivity contribution is 5.93. The average Bonchev–Trinajstić information content (AvgIpc) is 2.29. The van der Waals surface area contributed by atoms with Gasteiger partial charge in [-0.25, -0.2) is 0 Å². The molecule has 1 aromatic carbocycles. The molecule has 2 rings (SSSR count). The molecule has 1 aliphatic heterocycles. The van der Waals surface area contributed by atoms with E-state index in [2.05, 4.69) is 10.6 Å². The van der Waals surface area contributed by atoms with Crippen LogP contribution in [0.3, 0.4) is 0 Å². The van der Waals surface area contributed by atoms with Crippen LogP contribution in [0.2, 0.25) is 0 Å². The Hall–Kier alpha value is -1.59. The largest absolute Gasteiger partial charge is 0.491 e. The van der Waals surface area contributed by atoms with Gasteiger partial charge in [-0.1, -0.05) is 0 Å². The number of rotatable bonds is 6. The van der Waals surface area contributed by atoms with E-state index in [0.29, 0.717) is 13.2 Å². The van der Waals surface area contributed by atoms with E-state index in [-0.39, 0.29) is 11.8 Å². The molecule has 1 heterocycles. The fourth-order valence-electron chi connectivity index (χ4n) is 1.60. The van der Waals surface area contributed by atoms with Crippen LogP contribution in [0.15, 0.2) is 24.3 Å². The Morgan fingerprint density at radius 3 is 2.61 bits per heavy atom. The van der Waals surface area contributed by atoms with Gasteiger partial charge >= 0.3 is 0 Å². The van der Waals surface area contributed by atoms with Crippen molar-refractivity contribution in [2.45, 2.75) is 0 Å². The third-order valence-corrected chi connectivity index (χ3v) is 2.83. The standard InChI is InChI=1S/C13H18N2O3/c1-17-6-7-18-12-4-2-11(3-5-12)15-13(16)10-8-14-9-10/h2-5,10,14H,6-9H2,1H3,(H,15,16). The van der Waals surface area contributed by atoms with Crippen LogP contribution in [0.25, 0.3) is 0 Å². The monoisotopic (exact) mass is 250 g/mol. The summed E-state index contributed by atoms with van der Waals surface area (Å²) in [6.45, 7) is 2.62. The molecule has 98 valence electrons. The number of hydrogen-bond donors (Lipinski definition) is 2. The van der Waals surface area contributed by atoms with Crippen molar-refractivity contribution in [1.29, 1.82) is 0 Å². The van der Waals surface area contributed by atoms with E-state index >= 15 is 0 Å². The van der Waals surface area contributed by atoms with Gasteiger partial charge in [0.05, 0.1) is 12.5 Å². The molecule has 18 heavy (non-hydrogen) atoms. The summed E-state index contributed by atoms with van der Waals surface area (Å²) in [5, 5.41) is 5.95. The number of amides is 1. The van der Waals surface area contributed by atoms with Gasteiger partial charge in [0.1, 0.15) is 12.4 Å². The third-order valence-electron chi connectivity index (χ3n) is 2.83. The van der Waals surface area contributed by atoms with Crippen molar-refractivity contribution in [3.05, 3.63) is 24.3 Å². The van der Waals surface area contributed by atoms with E-state index < -0.39 is 0 Å². The molecule has 0 atom stereocenters. The van der Waals surface area contributed by atoms with Crippen LogP contribution in [0.4, 0.5) is 5.69 Å². The van der Waals surface area contributed by atoms with Gasteiger partial charge in [-0.3, -0.25) is 4.79 Å². The van der Waals surface area contributed by atoms with E-state index in [1.54, 1.807) is 7.11 Å². The Kier molecular flexibility index (Phi) is 4.55. The summed E-state index contributed by atoms with van der Waals surface area (Å²) in [5.74, 6) is 0.944. The zero-order valence-corrected chi connectivity index (χ0v) is 10.4. The summed E-state index contributed by atoms with van der Waals surface area (Å²) in [5.41, 5.74) is 0.797. The predicted octanol–water partition coefficient (Wildman–Crippen LogP) is 0.870. The molecule has 0 aliphatic carbocycles. The van der Waals surface area contributed by atoms with Crippen LogP contribution in [-0.2, 0) is 9.53 Å². The first-order valence-electron chi connectivity index (χ1n) is 6.03. The summed E-state index contributed by atoms with van der Waals surface area (Å²) in [6.07, 6.45) is 0. The van der Waals surface area contributed by atoms with Gasteiger partial charge in [0, 0.05) is 25.9 Å². The zero-order valence-electron chi connectivity index (χ0n) is 10.4. The van der Waals surface area contributed by atoms with Crippen molar-refractivity contribution in [2.75, 3.05) is 38.7 Å². The SMILES string of the molecule is COCCOc1ccc(NC(=O)C2CNC2)cc1. The summed E-state index contributed by atoms with van der Waals surface area (Å²) < 4.78 is 10.3. The molecule has 5 heteroatoms. The van der Waals surface area contributed by atoms with E-state index in [1.807, 2.05) is 24.3 Å². The van der Waals surface area contributed by atoms with Gasteiger partial charge in [-0.2, -0.15) is 0 Å². The minimum atomic E-state index is 0.0711. The average molecular weight is 250 g/mol. The lowest BCUT2D eigenvalue weighted by Gasteiger charge is -2.25. The molecular formula is C13H18N2O3. The molecule has 0 spiro atoms. The highest BCUT2D eigenvalue weighted by Crippen LogP contribution is 2.17. The molecule has 1 amide bonds. The molecule has 0 unspecified atom stereocenters. The maximum absolute atomic E-state index is 11.7. The van der Waals surface area contributed by atoms with E-state index in [1.165, 1.54) is 0 Å². The van der Waals surface area contributed by atoms with Crippen molar-refractivity contribution in [2.24, 2.45) is 5.92 Å². The summed E-state index contributed by atoms with van der Waals surface area (Å²) in [7, 11) is 1.64. The first-order chi connectivity index (χ1) is 8.79. The van der Waals surface area contributed by atoms with Gasteiger partial charge in [-0.15, -0.1) is 0 Å². The molecule has 0 saturated carbocycles. The van der Waals surface area contributed by atoms with Gasteiger partial charge < -0.3 is 20.1 Å². The molecule has 1 aliphatic rings. The second-order valence-electron chi connectivity index (χ2n) is 4.21. The fraction of sp³-hybridized carbons (Fsp3) is 0.462. The first kappa shape index (κ1) is 12.9. The van der Waals surface area contributed by atoms with Crippen molar-refractivity contribution < 1.29 is 14.3 Å². The Labute approximate surface area is 106 Å². The van der Waals surface area contributed by atoms with Crippen molar-refractivity contribution >= 4 is 11.6 Å². The molecule has 1 fully saturated rings. The number of carbonyl (C=O) groups is 1. The van der Waals surface area contributed by atoms with Crippen LogP contribution < -0.4 is 15.4 Å². The Morgan fingerprint density at radius 1 is 1.33 bits per heavy atom. The lowest BCUT2D eigenvalue weighted by molar-refractivity contribution is -0.121. The molecule has 0 radical (unpaired) electrons. The van der Waals surface area contributed by atoms with Crippen molar-refractivity contribution in [3.63, 3.8) is 0 Å². The Bertz CT molecular complexity index is 388. The number of hydrogen-bond acceptors (Lipinski definition) is 4. The molecule has 0 bridgehead atoms. The van der Waals surface area contributed by atoms with Gasteiger partial charge in [0.2, 0.25) is 5.91 Å². The maximum Gasteiger partial charge on any atom is 0.230 e. The predicted molar refractivity (Wildman–Crippen MR) is 68.8 cm³/mol. The van der Waals surface area contributed by atoms with Crippen molar-refractivity contribution in [3.8, 4) is 5.75 Å². The minimum absolute atomic E-state index is 0.0711. The molecule has 0 aromatic heterocycles. The lowest BCUT2D eigenvalue weighted by Crippen LogP contribution is -2.48. The van der Waals surface area contributed by atoms with E-state index in [4.69, 9.17) is 9.47 Å². The summed E-state index contributed by atoms with van der Waals surface area (Å²) >= 11 is 0. The molecule has 1 saturated heterocycles. The Balaban J connectivity index is 1.81. The van der Waals surface area contributed by atoms with Crippen LogP contribution in [0.5, 0.6) is 5.75 Å². The smallest absolute Gasteiger partial charge is 0.230 e. The molecule has 2 N–H and O–H groups in total. The van der Waals surface area contributed by atoms with Crippen LogP contribution in [0.1, 0.15) is 0 Å². The zero-order chi connectivity index (χ0) is 12.8. The fourth-order valence-corrected chi connectivity index (χ4v) is 1.60. The maximum atomic E-state index is 11.7. The number of benzene rings is 1. The number of ether oxygens (including phenoxy) is 2. The quantitative estimate of drug-likeness (QED) is 0.735. The molecular weight excluding hydrogens is 232 g/mol. The number of methoxy groups -OCH3 is 1. The van der Waals surface area contributed by atoms with E-state index in [0.717, 1.165) is 24.5 Å².